The molecular formula is C17H16Cl2N4S2. The Balaban J connectivity index is 2.25. The molecule has 0 aromatic heterocycles. The molecule has 130 valence electrons. The minimum atomic E-state index is -1.15. The molecule has 8 heteroatoms. The van der Waals surface area contributed by atoms with E-state index in [0.717, 1.165) is 17.1 Å². The van der Waals surface area contributed by atoms with Crippen LogP contribution in [0.5, 0.6) is 0 Å². The topological polar surface area (TPSA) is 86.0 Å². The molecule has 0 spiro atoms. The molecule has 1 saturated carbocycles. The van der Waals surface area contributed by atoms with Gasteiger partial charge in [0.15, 0.2) is 4.20 Å². The summed E-state index contributed by atoms with van der Waals surface area (Å²) in [6.07, 6.45) is 0. The van der Waals surface area contributed by atoms with Crippen LogP contribution in [-0.2, 0) is 0 Å². The van der Waals surface area contributed by atoms with Crippen LogP contribution in [0.3, 0.4) is 0 Å². The number of benzene rings is 1. The summed E-state index contributed by atoms with van der Waals surface area (Å²) in [5.41, 5.74) is 4.78. The molecule has 1 aliphatic carbocycles. The van der Waals surface area contributed by atoms with E-state index in [9.17, 15) is 10.5 Å². The molecule has 0 amide bonds. The fourth-order valence-corrected chi connectivity index (χ4v) is 7.72. The van der Waals surface area contributed by atoms with Crippen LogP contribution in [0, 0.1) is 33.5 Å². The molecule has 3 rings (SSSR count). The van der Waals surface area contributed by atoms with Gasteiger partial charge in [0.05, 0.1) is 12.1 Å². The fraction of sp³-hybridized carbons (Fsp3) is 0.471. The lowest BCUT2D eigenvalue weighted by Crippen LogP contribution is -2.31. The van der Waals surface area contributed by atoms with Crippen molar-refractivity contribution >= 4 is 52.6 Å². The van der Waals surface area contributed by atoms with Gasteiger partial charge in [-0.15, -0.1) is 23.5 Å². The Labute approximate surface area is 165 Å². The zero-order valence-electron chi connectivity index (χ0n) is 13.7. The highest BCUT2D eigenvalue weighted by molar-refractivity contribution is 8.18. The first-order valence-corrected chi connectivity index (χ1v) is 10.5. The Kier molecular flexibility index (Phi) is 4.71. The van der Waals surface area contributed by atoms with Crippen molar-refractivity contribution in [2.75, 3.05) is 11.5 Å². The van der Waals surface area contributed by atoms with Crippen LogP contribution in [0.1, 0.15) is 25.3 Å². The van der Waals surface area contributed by atoms with Crippen LogP contribution < -0.4 is 5.73 Å². The van der Waals surface area contributed by atoms with Gasteiger partial charge in [-0.3, -0.25) is 0 Å². The molecule has 1 fully saturated rings. The van der Waals surface area contributed by atoms with Crippen molar-refractivity contribution in [2.24, 2.45) is 21.6 Å². The monoisotopic (exact) mass is 410 g/mol. The van der Waals surface area contributed by atoms with Crippen LogP contribution in [0.25, 0.3) is 0 Å². The van der Waals surface area contributed by atoms with Crippen LogP contribution in [0.4, 0.5) is 0 Å². The number of nitriles is 2. The van der Waals surface area contributed by atoms with E-state index in [0.29, 0.717) is 10.0 Å². The molecule has 2 N–H and O–H groups in total. The van der Waals surface area contributed by atoms with Gasteiger partial charge in [-0.2, -0.15) is 10.5 Å². The van der Waals surface area contributed by atoms with E-state index in [1.165, 1.54) is 0 Å². The third kappa shape index (κ3) is 2.12. The number of nitrogens with zero attached hydrogens (tertiary/aromatic N) is 3. The number of hydrogen-bond acceptors (Lipinski definition) is 6. The van der Waals surface area contributed by atoms with Gasteiger partial charge in [-0.05, 0) is 29.2 Å². The lowest BCUT2D eigenvalue weighted by Gasteiger charge is -2.31. The maximum atomic E-state index is 10.2. The molecule has 3 unspecified atom stereocenters. The maximum Gasteiger partial charge on any atom is 0.175 e. The second-order valence-electron chi connectivity index (χ2n) is 5.88. The molecule has 2 aliphatic rings. The number of aliphatic imine (C=N–C) groups is 1. The van der Waals surface area contributed by atoms with Crippen molar-refractivity contribution in [3.63, 3.8) is 0 Å². The van der Waals surface area contributed by atoms with E-state index in [2.05, 4.69) is 17.1 Å². The van der Waals surface area contributed by atoms with Gasteiger partial charge < -0.3 is 5.73 Å². The molecule has 3 atom stereocenters. The quantitative estimate of drug-likeness (QED) is 0.714. The van der Waals surface area contributed by atoms with Crippen molar-refractivity contribution in [1.82, 2.24) is 0 Å². The second-order valence-corrected chi connectivity index (χ2v) is 9.90. The minimum absolute atomic E-state index is 0.231. The van der Waals surface area contributed by atoms with Crippen LogP contribution in [0.2, 0.25) is 10.0 Å². The van der Waals surface area contributed by atoms with Gasteiger partial charge >= 0.3 is 0 Å². The normalized spacial score (nSPS) is 31.6. The first-order chi connectivity index (χ1) is 11.9. The lowest BCUT2D eigenvalue weighted by atomic mass is 9.97. The molecule has 4 nitrogen and oxygen atoms in total. The first-order valence-electron chi connectivity index (χ1n) is 7.81. The largest absolute Gasteiger partial charge is 0.386 e. The number of nitrogens with two attached hydrogens (primary N) is 1. The summed E-state index contributed by atoms with van der Waals surface area (Å²) in [6, 6.07) is 9.91. The molecule has 0 bridgehead atoms. The minimum Gasteiger partial charge on any atom is -0.386 e. The van der Waals surface area contributed by atoms with E-state index in [1.807, 2.05) is 13.8 Å². The Morgan fingerprint density at radius 3 is 2.32 bits per heavy atom. The summed E-state index contributed by atoms with van der Waals surface area (Å²) in [4.78, 5) is 4.65. The van der Waals surface area contributed by atoms with Gasteiger partial charge in [-0.1, -0.05) is 43.1 Å². The van der Waals surface area contributed by atoms with Crippen molar-refractivity contribution in [2.45, 2.75) is 24.0 Å². The number of amidine groups is 1. The summed E-state index contributed by atoms with van der Waals surface area (Å²) in [5, 5.41) is 21.2. The Morgan fingerprint density at radius 2 is 1.84 bits per heavy atom. The molecule has 0 radical (unpaired) electrons. The first kappa shape index (κ1) is 18.7. The average Bonchev–Trinajstić information content (AvgIpc) is 3.13. The Bertz CT molecular complexity index is 838. The van der Waals surface area contributed by atoms with Crippen molar-refractivity contribution in [3.05, 3.63) is 33.8 Å². The molecule has 1 aromatic carbocycles. The number of halogens is 2. The third-order valence-corrected chi connectivity index (χ3v) is 8.34. The lowest BCUT2D eigenvalue weighted by molar-refractivity contribution is 0.564. The summed E-state index contributed by atoms with van der Waals surface area (Å²) in [5.74, 6) is 1.33. The van der Waals surface area contributed by atoms with E-state index in [-0.39, 0.29) is 5.84 Å². The standard InChI is InChI=1S/C17H16Cl2N4S2/c1-3-24-17(25-4-2)16(9-21)13(15(16,8-20)14(22)23-17)11-6-5-10(18)7-12(11)19/h5-7,13H,3-4H2,1-2H3,(H2,22,23). The molecule has 1 aliphatic heterocycles. The maximum absolute atomic E-state index is 10.2. The van der Waals surface area contributed by atoms with Gasteiger partial charge in [-0.25, -0.2) is 4.99 Å². The summed E-state index contributed by atoms with van der Waals surface area (Å²) >= 11 is 15.5. The number of rotatable bonds is 5. The van der Waals surface area contributed by atoms with E-state index < -0.39 is 21.0 Å². The van der Waals surface area contributed by atoms with Gasteiger partial charge in [0.2, 0.25) is 0 Å². The van der Waals surface area contributed by atoms with Gasteiger partial charge in [0.25, 0.3) is 0 Å². The van der Waals surface area contributed by atoms with Crippen LogP contribution >= 0.6 is 46.7 Å². The van der Waals surface area contributed by atoms with E-state index in [4.69, 9.17) is 28.9 Å². The fourth-order valence-electron chi connectivity index (χ4n) is 3.95. The molecule has 1 aromatic rings. The zero-order chi connectivity index (χ0) is 18.5. The smallest absolute Gasteiger partial charge is 0.175 e. The van der Waals surface area contributed by atoms with Gasteiger partial charge in [0, 0.05) is 16.0 Å². The number of fused-ring (bicyclic) bond motifs is 1. The van der Waals surface area contributed by atoms with Gasteiger partial charge in [0.1, 0.15) is 16.7 Å². The predicted octanol–water partition coefficient (Wildman–Crippen LogP) is 4.64. The van der Waals surface area contributed by atoms with E-state index in [1.54, 1.807) is 41.7 Å². The SMILES string of the molecule is CCSC1(SCC)N=C(N)C2(C#N)C(c3ccc(Cl)cc3Cl)C12C#N. The predicted molar refractivity (Wildman–Crippen MR) is 106 cm³/mol. The molecule has 25 heavy (non-hydrogen) atoms. The number of thioether (sulfide) groups is 2. The third-order valence-electron chi connectivity index (χ3n) is 4.88. The molecular weight excluding hydrogens is 395 g/mol. The Hall–Kier alpha value is -1.05. The van der Waals surface area contributed by atoms with Crippen molar-refractivity contribution < 1.29 is 0 Å². The molecule has 1 heterocycles. The van der Waals surface area contributed by atoms with Crippen LogP contribution in [-0.4, -0.2) is 21.5 Å². The number of hydrogen-bond donors (Lipinski definition) is 1. The Morgan fingerprint density at radius 1 is 1.20 bits per heavy atom. The highest BCUT2D eigenvalue weighted by Crippen LogP contribution is 2.85. The summed E-state index contributed by atoms with van der Waals surface area (Å²) in [7, 11) is 0. The van der Waals surface area contributed by atoms with Crippen molar-refractivity contribution in [1.29, 1.82) is 10.5 Å². The second kappa shape index (κ2) is 6.28. The van der Waals surface area contributed by atoms with Crippen LogP contribution in [0.15, 0.2) is 23.2 Å². The van der Waals surface area contributed by atoms with E-state index >= 15 is 0 Å². The molecule has 0 saturated heterocycles. The summed E-state index contributed by atoms with van der Waals surface area (Å²) in [6.45, 7) is 4.02. The zero-order valence-corrected chi connectivity index (χ0v) is 16.9. The average molecular weight is 411 g/mol. The summed E-state index contributed by atoms with van der Waals surface area (Å²) < 4.78 is -0.807. The van der Waals surface area contributed by atoms with Crippen molar-refractivity contribution in [3.8, 4) is 12.1 Å². The highest BCUT2D eigenvalue weighted by Gasteiger charge is 2.92. The highest BCUT2D eigenvalue weighted by atomic mass is 35.5.